The van der Waals surface area contributed by atoms with Crippen LogP contribution in [0.4, 0.5) is 5.69 Å². The summed E-state index contributed by atoms with van der Waals surface area (Å²) in [5.41, 5.74) is 3.89. The van der Waals surface area contributed by atoms with Crippen LogP contribution in [-0.2, 0) is 24.7 Å². The molecule has 1 aliphatic carbocycles. The molecule has 0 saturated heterocycles. The molecule has 150 valence electrons. The van der Waals surface area contributed by atoms with Gasteiger partial charge in [0, 0.05) is 34.1 Å². The van der Waals surface area contributed by atoms with Crippen LogP contribution in [0.1, 0.15) is 40.6 Å². The third-order valence-corrected chi connectivity index (χ3v) is 7.15. The van der Waals surface area contributed by atoms with Gasteiger partial charge in [-0.25, -0.2) is 0 Å². The van der Waals surface area contributed by atoms with Crippen LogP contribution in [0.2, 0.25) is 0 Å². The highest BCUT2D eigenvalue weighted by Crippen LogP contribution is 2.36. The van der Waals surface area contributed by atoms with Crippen molar-refractivity contribution in [1.29, 1.82) is 0 Å². The van der Waals surface area contributed by atoms with Crippen LogP contribution in [0.15, 0.2) is 34.8 Å². The monoisotopic (exact) mass is 426 g/mol. The van der Waals surface area contributed by atoms with E-state index in [9.17, 15) is 9.59 Å². The molecule has 1 amide bonds. The summed E-state index contributed by atoms with van der Waals surface area (Å²) in [7, 11) is 1.95. The van der Waals surface area contributed by atoms with Gasteiger partial charge in [0.1, 0.15) is 0 Å². The summed E-state index contributed by atoms with van der Waals surface area (Å²) in [6.07, 6.45) is 4.75. The molecule has 1 aromatic carbocycles. The fourth-order valence-corrected chi connectivity index (χ4v) is 5.31. The zero-order valence-corrected chi connectivity index (χ0v) is 18.0. The maximum atomic E-state index is 12.3. The Balaban J connectivity index is 1.40. The standard InChI is InChI=1S/C21H22N4O2S2/c1-13(26)14-7-9-15(10-8-14)22-19(27)12-29-21-24-23-20(25(21)2)17-11-28-18-6-4-3-5-16(17)18/h7-11H,3-6,12H2,1-2H3,(H,22,27). The largest absolute Gasteiger partial charge is 0.325 e. The first kappa shape index (κ1) is 19.8. The Kier molecular flexibility index (Phi) is 5.82. The zero-order chi connectivity index (χ0) is 20.4. The first-order chi connectivity index (χ1) is 14.0. The molecular formula is C21H22N4O2S2. The van der Waals surface area contributed by atoms with Crippen molar-refractivity contribution < 1.29 is 9.59 Å². The molecular weight excluding hydrogens is 404 g/mol. The molecule has 0 fully saturated rings. The Hall–Kier alpha value is -2.45. The molecule has 0 saturated carbocycles. The molecule has 1 aliphatic rings. The number of nitrogens with zero attached hydrogens (tertiary/aromatic N) is 3. The summed E-state index contributed by atoms with van der Waals surface area (Å²) in [6, 6.07) is 6.89. The third kappa shape index (κ3) is 4.28. The lowest BCUT2D eigenvalue weighted by atomic mass is 9.96. The normalized spacial score (nSPS) is 13.2. The van der Waals surface area contributed by atoms with E-state index in [1.165, 1.54) is 47.5 Å². The van der Waals surface area contributed by atoms with E-state index in [1.54, 1.807) is 24.3 Å². The molecule has 29 heavy (non-hydrogen) atoms. The van der Waals surface area contributed by atoms with Crippen LogP contribution < -0.4 is 5.32 Å². The number of aromatic nitrogens is 3. The quantitative estimate of drug-likeness (QED) is 0.468. The highest BCUT2D eigenvalue weighted by molar-refractivity contribution is 7.99. The fourth-order valence-electron chi connectivity index (χ4n) is 3.47. The Bertz CT molecular complexity index is 1050. The summed E-state index contributed by atoms with van der Waals surface area (Å²) in [5.74, 6) is 0.987. The minimum absolute atomic E-state index is 0.00315. The van der Waals surface area contributed by atoms with Crippen LogP contribution >= 0.6 is 23.1 Å². The van der Waals surface area contributed by atoms with Gasteiger partial charge in [0.15, 0.2) is 16.8 Å². The SMILES string of the molecule is CC(=O)c1ccc(NC(=O)CSc2nnc(-c3csc4c3CCCC4)n2C)cc1. The summed E-state index contributed by atoms with van der Waals surface area (Å²) in [5, 5.41) is 14.4. The van der Waals surface area contributed by atoms with Gasteiger partial charge in [0.25, 0.3) is 0 Å². The Labute approximate surface area is 177 Å². The number of anilines is 1. The van der Waals surface area contributed by atoms with E-state index in [4.69, 9.17) is 0 Å². The molecule has 4 rings (SSSR count). The lowest BCUT2D eigenvalue weighted by Crippen LogP contribution is -2.14. The van der Waals surface area contributed by atoms with Gasteiger partial charge in [-0.05, 0) is 62.4 Å². The number of thioether (sulfide) groups is 1. The Morgan fingerprint density at radius 3 is 2.69 bits per heavy atom. The zero-order valence-electron chi connectivity index (χ0n) is 16.4. The fraction of sp³-hybridized carbons (Fsp3) is 0.333. The number of aryl methyl sites for hydroxylation is 1. The Morgan fingerprint density at radius 1 is 1.17 bits per heavy atom. The van der Waals surface area contributed by atoms with Gasteiger partial charge in [-0.3, -0.25) is 9.59 Å². The predicted octanol–water partition coefficient (Wildman–Crippen LogP) is 4.36. The lowest BCUT2D eigenvalue weighted by Gasteiger charge is -2.12. The van der Waals surface area contributed by atoms with Crippen molar-refractivity contribution in [2.45, 2.75) is 37.8 Å². The van der Waals surface area contributed by atoms with Crippen molar-refractivity contribution in [2.75, 3.05) is 11.1 Å². The molecule has 0 bridgehead atoms. The molecule has 8 heteroatoms. The third-order valence-electron chi connectivity index (χ3n) is 5.04. The number of rotatable bonds is 6. The van der Waals surface area contributed by atoms with Gasteiger partial charge >= 0.3 is 0 Å². The second-order valence-corrected chi connectivity index (χ2v) is 9.00. The molecule has 3 aromatic rings. The summed E-state index contributed by atoms with van der Waals surface area (Å²) < 4.78 is 1.97. The van der Waals surface area contributed by atoms with Gasteiger partial charge < -0.3 is 9.88 Å². The van der Waals surface area contributed by atoms with Crippen molar-refractivity contribution in [3.05, 3.63) is 45.6 Å². The van der Waals surface area contributed by atoms with Crippen LogP contribution in [-0.4, -0.2) is 32.2 Å². The van der Waals surface area contributed by atoms with E-state index >= 15 is 0 Å². The lowest BCUT2D eigenvalue weighted by molar-refractivity contribution is -0.113. The van der Waals surface area contributed by atoms with Crippen molar-refractivity contribution in [2.24, 2.45) is 7.05 Å². The molecule has 2 aromatic heterocycles. The van der Waals surface area contributed by atoms with E-state index in [-0.39, 0.29) is 17.4 Å². The van der Waals surface area contributed by atoms with Crippen LogP contribution in [0, 0.1) is 0 Å². The summed E-state index contributed by atoms with van der Waals surface area (Å²) in [6.45, 7) is 1.52. The number of carbonyl (C=O) groups excluding carboxylic acids is 2. The number of fused-ring (bicyclic) bond motifs is 1. The van der Waals surface area contributed by atoms with E-state index in [0.717, 1.165) is 23.8 Å². The van der Waals surface area contributed by atoms with Gasteiger partial charge in [0.2, 0.25) is 5.91 Å². The van der Waals surface area contributed by atoms with E-state index in [1.807, 2.05) is 23.0 Å². The van der Waals surface area contributed by atoms with Gasteiger partial charge in [-0.2, -0.15) is 0 Å². The van der Waals surface area contributed by atoms with Gasteiger partial charge in [-0.1, -0.05) is 11.8 Å². The molecule has 0 radical (unpaired) electrons. The first-order valence-corrected chi connectivity index (χ1v) is 11.4. The number of hydrogen-bond donors (Lipinski definition) is 1. The smallest absolute Gasteiger partial charge is 0.234 e. The summed E-state index contributed by atoms with van der Waals surface area (Å²) in [4.78, 5) is 25.1. The number of amides is 1. The molecule has 0 spiro atoms. The number of Topliss-reactive ketones (excluding diaryl/α,β-unsaturated/α-hetero) is 1. The molecule has 1 N–H and O–H groups in total. The van der Waals surface area contributed by atoms with Crippen molar-refractivity contribution in [1.82, 2.24) is 14.8 Å². The maximum Gasteiger partial charge on any atom is 0.234 e. The second kappa shape index (κ2) is 8.51. The van der Waals surface area contributed by atoms with Crippen molar-refractivity contribution >= 4 is 40.5 Å². The van der Waals surface area contributed by atoms with Crippen LogP contribution in [0.3, 0.4) is 0 Å². The number of nitrogens with one attached hydrogen (secondary N) is 1. The average molecular weight is 427 g/mol. The highest BCUT2D eigenvalue weighted by atomic mass is 32.2. The minimum atomic E-state index is -0.122. The molecule has 0 unspecified atom stereocenters. The van der Waals surface area contributed by atoms with Crippen LogP contribution in [0.25, 0.3) is 11.4 Å². The topological polar surface area (TPSA) is 76.9 Å². The van der Waals surface area contributed by atoms with Crippen LogP contribution in [0.5, 0.6) is 0 Å². The Morgan fingerprint density at radius 2 is 1.93 bits per heavy atom. The van der Waals surface area contributed by atoms with Gasteiger partial charge in [-0.15, -0.1) is 21.5 Å². The number of ketones is 1. The minimum Gasteiger partial charge on any atom is -0.325 e. The number of benzene rings is 1. The van der Waals surface area contributed by atoms with E-state index in [2.05, 4.69) is 20.9 Å². The number of thiophene rings is 1. The van der Waals surface area contributed by atoms with E-state index < -0.39 is 0 Å². The summed E-state index contributed by atoms with van der Waals surface area (Å²) >= 11 is 3.18. The predicted molar refractivity (Wildman–Crippen MR) is 117 cm³/mol. The number of hydrogen-bond acceptors (Lipinski definition) is 6. The van der Waals surface area contributed by atoms with Crippen molar-refractivity contribution in [3.8, 4) is 11.4 Å². The van der Waals surface area contributed by atoms with Crippen molar-refractivity contribution in [3.63, 3.8) is 0 Å². The second-order valence-electron chi connectivity index (χ2n) is 7.09. The maximum absolute atomic E-state index is 12.3. The molecule has 0 aliphatic heterocycles. The first-order valence-electron chi connectivity index (χ1n) is 9.55. The molecule has 6 nitrogen and oxygen atoms in total. The number of carbonyl (C=O) groups is 2. The van der Waals surface area contributed by atoms with E-state index in [0.29, 0.717) is 11.3 Å². The van der Waals surface area contributed by atoms with Gasteiger partial charge in [0.05, 0.1) is 5.75 Å². The highest BCUT2D eigenvalue weighted by Gasteiger charge is 2.21. The average Bonchev–Trinajstić information content (AvgIpc) is 3.30. The molecule has 2 heterocycles. The molecule has 0 atom stereocenters.